The summed E-state index contributed by atoms with van der Waals surface area (Å²) in [5.74, 6) is 0.335. The lowest BCUT2D eigenvalue weighted by molar-refractivity contribution is -0.120. The lowest BCUT2D eigenvalue weighted by Gasteiger charge is -2.15. The molecule has 2 rings (SSSR count). The molecule has 1 saturated carbocycles. The van der Waals surface area contributed by atoms with Gasteiger partial charge in [-0.15, -0.1) is 0 Å². The molecular formula is C11H19NO. The highest BCUT2D eigenvalue weighted by Crippen LogP contribution is 2.68. The topological polar surface area (TPSA) is 20.3 Å². The van der Waals surface area contributed by atoms with Gasteiger partial charge in [0.05, 0.1) is 6.04 Å². The van der Waals surface area contributed by atoms with Gasteiger partial charge in [-0.1, -0.05) is 13.8 Å². The van der Waals surface area contributed by atoms with Crippen molar-refractivity contribution in [3.63, 3.8) is 0 Å². The van der Waals surface area contributed by atoms with Crippen molar-refractivity contribution in [2.24, 2.45) is 10.8 Å². The summed E-state index contributed by atoms with van der Waals surface area (Å²) in [5.41, 5.74) is 0.948. The monoisotopic (exact) mass is 181 g/mol. The van der Waals surface area contributed by atoms with Gasteiger partial charge >= 0.3 is 0 Å². The molecule has 0 aromatic carbocycles. The van der Waals surface area contributed by atoms with Gasteiger partial charge in [-0.05, 0) is 37.6 Å². The zero-order chi connectivity index (χ0) is 9.85. The van der Waals surface area contributed by atoms with E-state index < -0.39 is 0 Å². The van der Waals surface area contributed by atoms with Crippen molar-refractivity contribution in [1.82, 2.24) is 4.90 Å². The summed E-state index contributed by atoms with van der Waals surface area (Å²) in [6, 6.07) is 0.196. The Morgan fingerprint density at radius 3 is 2.23 bits per heavy atom. The molecule has 2 fully saturated rings. The van der Waals surface area contributed by atoms with E-state index in [-0.39, 0.29) is 6.04 Å². The molecule has 2 atom stereocenters. The quantitative estimate of drug-likeness (QED) is 0.613. The molecule has 0 bridgehead atoms. The van der Waals surface area contributed by atoms with E-state index in [1.165, 1.54) is 6.42 Å². The molecule has 0 aromatic rings. The van der Waals surface area contributed by atoms with E-state index in [9.17, 15) is 4.79 Å². The van der Waals surface area contributed by atoms with Crippen LogP contribution in [0.1, 0.15) is 33.6 Å². The molecule has 1 saturated heterocycles. The van der Waals surface area contributed by atoms with E-state index in [0.717, 1.165) is 13.0 Å². The minimum Gasteiger partial charge on any atom is -0.298 e. The third-order valence-electron chi connectivity index (χ3n) is 4.23. The van der Waals surface area contributed by atoms with Crippen LogP contribution in [0.5, 0.6) is 0 Å². The van der Waals surface area contributed by atoms with Gasteiger partial charge in [-0.3, -0.25) is 9.69 Å². The Kier molecular flexibility index (Phi) is 1.66. The van der Waals surface area contributed by atoms with Crippen LogP contribution < -0.4 is 0 Å². The minimum absolute atomic E-state index is 0.196. The van der Waals surface area contributed by atoms with Crippen LogP contribution in [0, 0.1) is 10.8 Å². The molecule has 0 N–H and O–H groups in total. The van der Waals surface area contributed by atoms with Gasteiger partial charge in [-0.25, -0.2) is 0 Å². The molecule has 2 aliphatic rings. The molecule has 74 valence electrons. The van der Waals surface area contributed by atoms with Crippen LogP contribution in [0.15, 0.2) is 0 Å². The van der Waals surface area contributed by atoms with E-state index in [1.54, 1.807) is 6.92 Å². The van der Waals surface area contributed by atoms with Crippen molar-refractivity contribution in [2.45, 2.75) is 39.7 Å². The van der Waals surface area contributed by atoms with Crippen molar-refractivity contribution in [1.29, 1.82) is 0 Å². The third-order valence-corrected chi connectivity index (χ3v) is 4.23. The first-order valence-electron chi connectivity index (χ1n) is 5.09. The summed E-state index contributed by atoms with van der Waals surface area (Å²) in [6.45, 7) is 7.48. The molecule has 0 amide bonds. The number of Topliss-reactive ketones (excluding diaryl/α,β-unsaturated/α-hetero) is 1. The second-order valence-electron chi connectivity index (χ2n) is 5.59. The largest absolute Gasteiger partial charge is 0.298 e. The second-order valence-corrected chi connectivity index (χ2v) is 5.59. The van der Waals surface area contributed by atoms with Crippen molar-refractivity contribution < 1.29 is 4.79 Å². The Balaban J connectivity index is 2.13. The number of hydrogen-bond donors (Lipinski definition) is 0. The molecule has 2 heteroatoms. The predicted octanol–water partition coefficient (Wildman–Crippen LogP) is 1.70. The van der Waals surface area contributed by atoms with Gasteiger partial charge in [0, 0.05) is 6.54 Å². The standard InChI is InChI=1S/C11H19NO/c1-8(13)9-5-11(7-12(9)4)6-10(11,2)3/h9H,5-7H2,1-4H3/t9-,11-/m0/s1. The van der Waals surface area contributed by atoms with Crippen LogP contribution in [0.4, 0.5) is 0 Å². The lowest BCUT2D eigenvalue weighted by atomic mass is 9.92. The van der Waals surface area contributed by atoms with Gasteiger partial charge < -0.3 is 0 Å². The fraction of sp³-hybridized carbons (Fsp3) is 0.909. The predicted molar refractivity (Wildman–Crippen MR) is 52.5 cm³/mol. The number of ketones is 1. The zero-order valence-electron chi connectivity index (χ0n) is 9.05. The van der Waals surface area contributed by atoms with E-state index in [4.69, 9.17) is 0 Å². The van der Waals surface area contributed by atoms with Crippen molar-refractivity contribution in [3.05, 3.63) is 0 Å². The smallest absolute Gasteiger partial charge is 0.146 e. The summed E-state index contributed by atoms with van der Waals surface area (Å²) >= 11 is 0. The fourth-order valence-electron chi connectivity index (χ4n) is 3.05. The molecule has 13 heavy (non-hydrogen) atoms. The Morgan fingerprint density at radius 2 is 2.00 bits per heavy atom. The number of nitrogens with zero attached hydrogens (tertiary/aromatic N) is 1. The Hall–Kier alpha value is -0.370. The molecular weight excluding hydrogens is 162 g/mol. The summed E-state index contributed by atoms with van der Waals surface area (Å²) in [5, 5.41) is 0. The number of likely N-dealkylation sites (tertiary alicyclic amines) is 1. The van der Waals surface area contributed by atoms with Crippen LogP contribution in [0.2, 0.25) is 0 Å². The van der Waals surface area contributed by atoms with E-state index in [0.29, 0.717) is 16.6 Å². The first kappa shape index (κ1) is 9.20. The van der Waals surface area contributed by atoms with Crippen molar-refractivity contribution in [3.8, 4) is 0 Å². The lowest BCUT2D eigenvalue weighted by Crippen LogP contribution is -2.30. The van der Waals surface area contributed by atoms with Gasteiger partial charge in [0.1, 0.15) is 5.78 Å². The minimum atomic E-state index is 0.196. The summed E-state index contributed by atoms with van der Waals surface area (Å²) in [6.07, 6.45) is 2.39. The summed E-state index contributed by atoms with van der Waals surface area (Å²) in [4.78, 5) is 13.6. The van der Waals surface area contributed by atoms with E-state index in [1.807, 2.05) is 0 Å². The van der Waals surface area contributed by atoms with Gasteiger partial charge in [0.25, 0.3) is 0 Å². The highest BCUT2D eigenvalue weighted by molar-refractivity contribution is 5.82. The molecule has 0 radical (unpaired) electrons. The molecule has 2 nitrogen and oxygen atoms in total. The Morgan fingerprint density at radius 1 is 1.46 bits per heavy atom. The Bertz CT molecular complexity index is 259. The molecule has 0 aromatic heterocycles. The van der Waals surface area contributed by atoms with Gasteiger partial charge in [0.15, 0.2) is 0 Å². The first-order valence-corrected chi connectivity index (χ1v) is 5.09. The van der Waals surface area contributed by atoms with Crippen LogP contribution in [0.25, 0.3) is 0 Å². The van der Waals surface area contributed by atoms with Crippen molar-refractivity contribution in [2.75, 3.05) is 13.6 Å². The third kappa shape index (κ3) is 1.15. The highest BCUT2D eigenvalue weighted by atomic mass is 16.1. The Labute approximate surface area is 80.3 Å². The molecule has 1 aliphatic heterocycles. The van der Waals surface area contributed by atoms with Gasteiger partial charge in [0.2, 0.25) is 0 Å². The van der Waals surface area contributed by atoms with Crippen LogP contribution >= 0.6 is 0 Å². The van der Waals surface area contributed by atoms with E-state index >= 15 is 0 Å². The van der Waals surface area contributed by atoms with Crippen molar-refractivity contribution >= 4 is 5.78 Å². The number of rotatable bonds is 1. The van der Waals surface area contributed by atoms with E-state index in [2.05, 4.69) is 25.8 Å². The number of carbonyl (C=O) groups is 1. The molecule has 1 spiro atoms. The van der Waals surface area contributed by atoms with Gasteiger partial charge in [-0.2, -0.15) is 0 Å². The first-order chi connectivity index (χ1) is 5.88. The number of hydrogen-bond acceptors (Lipinski definition) is 2. The van der Waals surface area contributed by atoms with Crippen LogP contribution in [-0.4, -0.2) is 30.3 Å². The molecule has 1 heterocycles. The highest BCUT2D eigenvalue weighted by Gasteiger charge is 2.65. The summed E-state index contributed by atoms with van der Waals surface area (Å²) in [7, 11) is 2.08. The maximum Gasteiger partial charge on any atom is 0.146 e. The number of carbonyl (C=O) groups excluding carboxylic acids is 1. The fourth-order valence-corrected chi connectivity index (χ4v) is 3.05. The normalized spacial score (nSPS) is 42.6. The number of likely N-dealkylation sites (N-methyl/N-ethyl adjacent to an activating group) is 1. The SMILES string of the molecule is CC(=O)[C@@H]1C[C@@]2(CN1C)CC2(C)C. The second kappa shape index (κ2) is 2.35. The maximum absolute atomic E-state index is 11.3. The maximum atomic E-state index is 11.3. The summed E-state index contributed by atoms with van der Waals surface area (Å²) < 4.78 is 0. The zero-order valence-corrected chi connectivity index (χ0v) is 9.05. The van der Waals surface area contributed by atoms with Crippen LogP contribution in [0.3, 0.4) is 0 Å². The molecule has 1 aliphatic carbocycles. The van der Waals surface area contributed by atoms with Crippen LogP contribution in [-0.2, 0) is 4.79 Å². The average Bonchev–Trinajstić information content (AvgIpc) is 2.36. The average molecular weight is 181 g/mol. The molecule has 0 unspecified atom stereocenters.